The molecule has 2 heteroatoms. The van der Waals surface area contributed by atoms with Crippen LogP contribution in [0, 0.1) is 0 Å². The van der Waals surface area contributed by atoms with Gasteiger partial charge in [-0.05, 0) is 58.4 Å². The predicted molar refractivity (Wildman–Crippen MR) is 130 cm³/mol. The molecule has 0 unspecified atom stereocenters. The third kappa shape index (κ3) is 2.77. The van der Waals surface area contributed by atoms with Crippen molar-refractivity contribution in [2.75, 3.05) is 0 Å². The van der Waals surface area contributed by atoms with Crippen LogP contribution in [0.15, 0.2) is 48.5 Å². The molecule has 28 heavy (non-hydrogen) atoms. The van der Waals surface area contributed by atoms with Gasteiger partial charge in [0.15, 0.2) is 0 Å². The highest BCUT2D eigenvalue weighted by Gasteiger charge is 2.18. The van der Waals surface area contributed by atoms with Crippen LogP contribution in [-0.2, 0) is 10.8 Å². The first kappa shape index (κ1) is 18.1. The zero-order chi connectivity index (χ0) is 19.8. The summed E-state index contributed by atoms with van der Waals surface area (Å²) >= 11 is 3.84. The average molecular weight is 403 g/mol. The molecule has 0 bridgehead atoms. The molecule has 0 amide bonds. The van der Waals surface area contributed by atoms with Crippen LogP contribution in [0.3, 0.4) is 0 Å². The van der Waals surface area contributed by atoms with Gasteiger partial charge in [-0.2, -0.15) is 0 Å². The van der Waals surface area contributed by atoms with Crippen LogP contribution in [0.2, 0.25) is 0 Å². The second kappa shape index (κ2) is 5.81. The molecule has 0 radical (unpaired) electrons. The van der Waals surface area contributed by atoms with E-state index in [0.717, 1.165) is 0 Å². The first-order chi connectivity index (χ1) is 13.1. The maximum atomic E-state index is 2.45. The zero-order valence-corrected chi connectivity index (χ0v) is 19.1. The van der Waals surface area contributed by atoms with E-state index in [1.807, 2.05) is 22.7 Å². The molecule has 2 aromatic heterocycles. The summed E-state index contributed by atoms with van der Waals surface area (Å²) in [4.78, 5) is 0. The maximum absolute atomic E-state index is 2.45. The number of benzene rings is 3. The van der Waals surface area contributed by atoms with Gasteiger partial charge in [0.2, 0.25) is 0 Å². The minimum absolute atomic E-state index is 0.170. The number of thiophene rings is 2. The van der Waals surface area contributed by atoms with Crippen LogP contribution in [0.25, 0.3) is 40.3 Å². The Bertz CT molecular complexity index is 1260. The van der Waals surface area contributed by atoms with E-state index in [1.165, 1.54) is 51.5 Å². The zero-order valence-electron chi connectivity index (χ0n) is 17.4. The highest BCUT2D eigenvalue weighted by atomic mass is 32.1. The molecule has 0 aliphatic heterocycles. The molecule has 142 valence electrons. The van der Waals surface area contributed by atoms with Crippen molar-refractivity contribution in [1.29, 1.82) is 0 Å². The lowest BCUT2D eigenvalue weighted by atomic mass is 9.86. The fraction of sp³-hybridized carbons (Fsp3) is 0.308. The molecule has 0 spiro atoms. The van der Waals surface area contributed by atoms with Crippen molar-refractivity contribution >= 4 is 63.0 Å². The molecule has 0 atom stereocenters. The summed E-state index contributed by atoms with van der Waals surface area (Å²) in [5, 5.41) is 5.61. The molecule has 0 saturated carbocycles. The first-order valence-corrected chi connectivity index (χ1v) is 11.6. The third-order valence-electron chi connectivity index (χ3n) is 5.79. The fourth-order valence-corrected chi connectivity index (χ4v) is 6.27. The average Bonchev–Trinajstić information content (AvgIpc) is 3.14. The molecule has 0 aliphatic carbocycles. The van der Waals surface area contributed by atoms with Gasteiger partial charge < -0.3 is 0 Å². The Kier molecular flexibility index (Phi) is 3.76. The van der Waals surface area contributed by atoms with E-state index < -0.39 is 0 Å². The second-order valence-corrected chi connectivity index (χ2v) is 12.1. The normalized spacial score (nSPS) is 13.4. The fourth-order valence-electron chi connectivity index (χ4n) is 3.98. The van der Waals surface area contributed by atoms with E-state index in [9.17, 15) is 0 Å². The Labute approximate surface area is 174 Å². The van der Waals surface area contributed by atoms with Gasteiger partial charge >= 0.3 is 0 Å². The van der Waals surface area contributed by atoms with Crippen LogP contribution < -0.4 is 0 Å². The van der Waals surface area contributed by atoms with Gasteiger partial charge in [0, 0.05) is 40.3 Å². The van der Waals surface area contributed by atoms with Crippen LogP contribution in [-0.4, -0.2) is 0 Å². The topological polar surface area (TPSA) is 0 Å². The van der Waals surface area contributed by atoms with Gasteiger partial charge in [0.05, 0.1) is 0 Å². The lowest BCUT2D eigenvalue weighted by Crippen LogP contribution is -2.10. The van der Waals surface area contributed by atoms with Gasteiger partial charge in [0.1, 0.15) is 0 Å². The van der Waals surface area contributed by atoms with Gasteiger partial charge in [-0.25, -0.2) is 0 Å². The smallest absolute Gasteiger partial charge is 0.0369 e. The van der Waals surface area contributed by atoms with Gasteiger partial charge in [0.25, 0.3) is 0 Å². The van der Waals surface area contributed by atoms with Crippen molar-refractivity contribution in [3.05, 3.63) is 59.7 Å². The van der Waals surface area contributed by atoms with Crippen LogP contribution >= 0.6 is 22.7 Å². The van der Waals surface area contributed by atoms with Crippen LogP contribution in [0.5, 0.6) is 0 Å². The van der Waals surface area contributed by atoms with E-state index in [0.29, 0.717) is 0 Å². The summed E-state index contributed by atoms with van der Waals surface area (Å²) < 4.78 is 5.58. The minimum Gasteiger partial charge on any atom is -0.135 e. The Morgan fingerprint density at radius 3 is 1.25 bits per heavy atom. The highest BCUT2D eigenvalue weighted by molar-refractivity contribution is 7.28. The quantitative estimate of drug-likeness (QED) is 0.242. The third-order valence-corrected chi connectivity index (χ3v) is 8.06. The minimum atomic E-state index is 0.170. The van der Waals surface area contributed by atoms with Crippen molar-refractivity contribution in [2.45, 2.75) is 52.4 Å². The Morgan fingerprint density at radius 1 is 0.464 bits per heavy atom. The lowest BCUT2D eigenvalue weighted by molar-refractivity contribution is 0.591. The van der Waals surface area contributed by atoms with Crippen LogP contribution in [0.1, 0.15) is 52.7 Å². The molecule has 0 fully saturated rings. The molecule has 0 aliphatic rings. The summed E-state index contributed by atoms with van der Waals surface area (Å²) in [5.74, 6) is 0. The summed E-state index contributed by atoms with van der Waals surface area (Å²) in [5.41, 5.74) is 3.15. The van der Waals surface area contributed by atoms with E-state index in [1.54, 1.807) is 0 Å². The molecule has 5 aromatic rings. The van der Waals surface area contributed by atoms with Gasteiger partial charge in [-0.15, -0.1) is 22.7 Å². The predicted octanol–water partition coefficient (Wildman–Crippen LogP) is 9.02. The standard InChI is InChI=1S/C26H26S2/c1-25(2,3)15-7-9-21-17(11-15)19-13-20-18-12-16(26(4,5)6)8-10-22(18)28-24(20)14-23(19)27-21/h7-14H,1-6H3. The van der Waals surface area contributed by atoms with Crippen molar-refractivity contribution in [1.82, 2.24) is 0 Å². The first-order valence-electron chi connectivity index (χ1n) is 9.95. The summed E-state index contributed by atoms with van der Waals surface area (Å²) in [6.45, 7) is 13.8. The SMILES string of the molecule is CC(C)(C)c1ccc2sc3cc4sc5ccc(C(C)(C)C)cc5c4cc3c2c1. The largest absolute Gasteiger partial charge is 0.135 e. The Hall–Kier alpha value is -1.90. The molecule has 3 aromatic carbocycles. The van der Waals surface area contributed by atoms with E-state index in [2.05, 4.69) is 90.1 Å². The van der Waals surface area contributed by atoms with Gasteiger partial charge in [-0.3, -0.25) is 0 Å². The van der Waals surface area contributed by atoms with Crippen molar-refractivity contribution in [2.24, 2.45) is 0 Å². The molecular weight excluding hydrogens is 376 g/mol. The molecule has 0 saturated heterocycles. The molecule has 2 heterocycles. The molecule has 0 N–H and O–H groups in total. The molecular formula is C26H26S2. The monoisotopic (exact) mass is 402 g/mol. The van der Waals surface area contributed by atoms with E-state index >= 15 is 0 Å². The number of hydrogen-bond acceptors (Lipinski definition) is 2. The second-order valence-electron chi connectivity index (χ2n) is 9.97. The Balaban J connectivity index is 1.85. The lowest BCUT2D eigenvalue weighted by Gasteiger charge is -2.19. The van der Waals surface area contributed by atoms with E-state index in [-0.39, 0.29) is 10.8 Å². The van der Waals surface area contributed by atoms with E-state index in [4.69, 9.17) is 0 Å². The number of hydrogen-bond donors (Lipinski definition) is 0. The summed E-state index contributed by atoms with van der Waals surface area (Å²) in [6, 6.07) is 18.9. The maximum Gasteiger partial charge on any atom is 0.0369 e. The molecule has 5 rings (SSSR count). The van der Waals surface area contributed by atoms with Crippen molar-refractivity contribution in [3.63, 3.8) is 0 Å². The number of rotatable bonds is 0. The molecule has 0 nitrogen and oxygen atoms in total. The highest BCUT2D eigenvalue weighted by Crippen LogP contribution is 2.43. The van der Waals surface area contributed by atoms with Crippen molar-refractivity contribution in [3.8, 4) is 0 Å². The summed E-state index contributed by atoms with van der Waals surface area (Å²) in [7, 11) is 0. The van der Waals surface area contributed by atoms with Crippen LogP contribution in [0.4, 0.5) is 0 Å². The van der Waals surface area contributed by atoms with Crippen molar-refractivity contribution < 1.29 is 0 Å². The number of fused-ring (bicyclic) bond motifs is 6. The Morgan fingerprint density at radius 2 is 0.857 bits per heavy atom. The summed E-state index contributed by atoms with van der Waals surface area (Å²) in [6.07, 6.45) is 0. The van der Waals surface area contributed by atoms with Gasteiger partial charge in [-0.1, -0.05) is 53.7 Å².